The summed E-state index contributed by atoms with van der Waals surface area (Å²) >= 11 is 5.87. The lowest BCUT2D eigenvalue weighted by Gasteiger charge is -2.19. The topological polar surface area (TPSA) is 55.4 Å². The van der Waals surface area contributed by atoms with E-state index in [9.17, 15) is 9.59 Å². The number of anilines is 1. The number of rotatable bonds is 5. The number of amides is 1. The maximum Gasteiger partial charge on any atom is 0.339 e. The van der Waals surface area contributed by atoms with Gasteiger partial charge in [-0.2, -0.15) is 0 Å². The van der Waals surface area contributed by atoms with Crippen molar-refractivity contribution in [2.75, 3.05) is 5.32 Å². The van der Waals surface area contributed by atoms with Crippen LogP contribution in [0.25, 0.3) is 0 Å². The highest BCUT2D eigenvalue weighted by atomic mass is 35.5. The lowest BCUT2D eigenvalue weighted by molar-refractivity contribution is -0.125. The third-order valence-corrected chi connectivity index (χ3v) is 4.55. The maximum atomic E-state index is 13.0. The van der Waals surface area contributed by atoms with Crippen LogP contribution in [-0.2, 0) is 9.53 Å². The molecule has 0 aliphatic heterocycles. The first-order valence-electron chi connectivity index (χ1n) is 8.83. The predicted molar refractivity (Wildman–Crippen MR) is 111 cm³/mol. The van der Waals surface area contributed by atoms with Crippen LogP contribution in [-0.4, -0.2) is 11.9 Å². The summed E-state index contributed by atoms with van der Waals surface area (Å²) in [6, 6.07) is 21.1. The Kier molecular flexibility index (Phi) is 6.12. The van der Waals surface area contributed by atoms with Gasteiger partial charge in [-0.05, 0) is 55.3 Å². The van der Waals surface area contributed by atoms with Gasteiger partial charge in [0.1, 0.15) is 0 Å². The number of nitrogens with one attached hydrogen (secondary N) is 1. The van der Waals surface area contributed by atoms with E-state index in [0.29, 0.717) is 21.8 Å². The number of carbonyl (C=O) groups is 2. The van der Waals surface area contributed by atoms with E-state index in [2.05, 4.69) is 5.32 Å². The molecule has 3 rings (SSSR count). The van der Waals surface area contributed by atoms with Gasteiger partial charge in [0.2, 0.25) is 6.10 Å². The van der Waals surface area contributed by atoms with E-state index in [0.717, 1.165) is 11.1 Å². The molecule has 1 N–H and O–H groups in total. The van der Waals surface area contributed by atoms with Gasteiger partial charge in [-0.1, -0.05) is 54.1 Å². The second-order valence-electron chi connectivity index (χ2n) is 6.51. The molecule has 3 aromatic rings. The Balaban J connectivity index is 1.86. The largest absolute Gasteiger partial charge is 0.444 e. The van der Waals surface area contributed by atoms with Gasteiger partial charge in [0.15, 0.2) is 0 Å². The van der Waals surface area contributed by atoms with Gasteiger partial charge in [-0.3, -0.25) is 4.79 Å². The Morgan fingerprint density at radius 2 is 1.61 bits per heavy atom. The number of aryl methyl sites for hydroxylation is 2. The van der Waals surface area contributed by atoms with E-state index < -0.39 is 18.0 Å². The Morgan fingerprint density at radius 3 is 2.29 bits per heavy atom. The molecule has 0 saturated heterocycles. The van der Waals surface area contributed by atoms with Crippen molar-refractivity contribution in [2.24, 2.45) is 0 Å². The van der Waals surface area contributed by atoms with Crippen molar-refractivity contribution >= 4 is 29.2 Å². The number of benzene rings is 3. The van der Waals surface area contributed by atoms with Crippen LogP contribution in [0.2, 0.25) is 5.02 Å². The zero-order chi connectivity index (χ0) is 20.1. The fourth-order valence-corrected chi connectivity index (χ4v) is 2.86. The fraction of sp³-hybridized carbons (Fsp3) is 0.130. The van der Waals surface area contributed by atoms with E-state index in [1.54, 1.807) is 48.5 Å². The SMILES string of the molecule is Cc1ccc(C)c(NC(=O)[C@@H](OC(=O)c2ccc(Cl)cc2)c2ccccc2)c1. The number of hydrogen-bond donors (Lipinski definition) is 1. The van der Waals surface area contributed by atoms with Crippen molar-refractivity contribution in [3.63, 3.8) is 0 Å². The molecule has 28 heavy (non-hydrogen) atoms. The highest BCUT2D eigenvalue weighted by Crippen LogP contribution is 2.24. The Hall–Kier alpha value is -3.11. The van der Waals surface area contributed by atoms with Gasteiger partial charge in [-0.25, -0.2) is 4.79 Å². The average molecular weight is 394 g/mol. The predicted octanol–water partition coefficient (Wildman–Crippen LogP) is 5.49. The Morgan fingerprint density at radius 1 is 0.929 bits per heavy atom. The third-order valence-electron chi connectivity index (χ3n) is 4.30. The molecule has 3 aromatic carbocycles. The first-order chi connectivity index (χ1) is 13.4. The van der Waals surface area contributed by atoms with Crippen LogP contribution in [0.5, 0.6) is 0 Å². The van der Waals surface area contributed by atoms with Crippen molar-refractivity contribution < 1.29 is 14.3 Å². The number of hydrogen-bond acceptors (Lipinski definition) is 3. The highest BCUT2D eigenvalue weighted by molar-refractivity contribution is 6.30. The van der Waals surface area contributed by atoms with E-state index in [-0.39, 0.29) is 0 Å². The summed E-state index contributed by atoms with van der Waals surface area (Å²) in [4.78, 5) is 25.6. The molecule has 1 atom stereocenters. The lowest BCUT2D eigenvalue weighted by Crippen LogP contribution is -2.26. The molecule has 4 nitrogen and oxygen atoms in total. The summed E-state index contributed by atoms with van der Waals surface area (Å²) in [7, 11) is 0. The fourth-order valence-electron chi connectivity index (χ4n) is 2.73. The molecule has 5 heteroatoms. The maximum absolute atomic E-state index is 13.0. The van der Waals surface area contributed by atoms with Gasteiger partial charge in [0.05, 0.1) is 5.56 Å². The van der Waals surface area contributed by atoms with Crippen LogP contribution in [0.15, 0.2) is 72.8 Å². The number of ether oxygens (including phenoxy) is 1. The minimum Gasteiger partial charge on any atom is -0.444 e. The average Bonchev–Trinajstić information content (AvgIpc) is 2.70. The van der Waals surface area contributed by atoms with E-state index >= 15 is 0 Å². The molecule has 0 fully saturated rings. The second-order valence-corrected chi connectivity index (χ2v) is 6.95. The molecule has 0 radical (unpaired) electrons. The normalized spacial score (nSPS) is 11.5. The Bertz CT molecular complexity index is 984. The zero-order valence-corrected chi connectivity index (χ0v) is 16.4. The van der Waals surface area contributed by atoms with Crippen LogP contribution in [0.1, 0.15) is 33.2 Å². The molecule has 0 bridgehead atoms. The van der Waals surface area contributed by atoms with Crippen molar-refractivity contribution in [3.8, 4) is 0 Å². The van der Waals surface area contributed by atoms with Crippen molar-refractivity contribution in [2.45, 2.75) is 20.0 Å². The van der Waals surface area contributed by atoms with Crippen LogP contribution in [0, 0.1) is 13.8 Å². The molecular weight excluding hydrogens is 374 g/mol. The number of halogens is 1. The lowest BCUT2D eigenvalue weighted by atomic mass is 10.1. The van der Waals surface area contributed by atoms with E-state index in [4.69, 9.17) is 16.3 Å². The number of esters is 1. The molecule has 0 heterocycles. The second kappa shape index (κ2) is 8.72. The summed E-state index contributed by atoms with van der Waals surface area (Å²) < 4.78 is 5.57. The van der Waals surface area contributed by atoms with E-state index in [1.807, 2.05) is 38.1 Å². The highest BCUT2D eigenvalue weighted by Gasteiger charge is 2.26. The first-order valence-corrected chi connectivity index (χ1v) is 9.21. The summed E-state index contributed by atoms with van der Waals surface area (Å²) in [5, 5.41) is 3.40. The molecule has 1 amide bonds. The molecule has 0 unspecified atom stereocenters. The smallest absolute Gasteiger partial charge is 0.339 e. The molecule has 0 spiro atoms. The number of carbonyl (C=O) groups excluding carboxylic acids is 2. The van der Waals surface area contributed by atoms with Gasteiger partial charge in [0, 0.05) is 16.3 Å². The molecule has 0 aliphatic carbocycles. The van der Waals surface area contributed by atoms with Crippen molar-refractivity contribution in [3.05, 3.63) is 100 Å². The van der Waals surface area contributed by atoms with Crippen LogP contribution < -0.4 is 5.32 Å². The van der Waals surface area contributed by atoms with Crippen LogP contribution in [0.3, 0.4) is 0 Å². The van der Waals surface area contributed by atoms with Gasteiger partial charge in [-0.15, -0.1) is 0 Å². The van der Waals surface area contributed by atoms with Gasteiger partial charge < -0.3 is 10.1 Å². The monoisotopic (exact) mass is 393 g/mol. The van der Waals surface area contributed by atoms with Crippen LogP contribution >= 0.6 is 11.6 Å². The molecule has 0 saturated carbocycles. The van der Waals surface area contributed by atoms with Gasteiger partial charge >= 0.3 is 5.97 Å². The van der Waals surface area contributed by atoms with Gasteiger partial charge in [0.25, 0.3) is 5.91 Å². The van der Waals surface area contributed by atoms with Crippen molar-refractivity contribution in [1.82, 2.24) is 0 Å². The van der Waals surface area contributed by atoms with Crippen LogP contribution in [0.4, 0.5) is 5.69 Å². The Labute approximate surface area is 169 Å². The summed E-state index contributed by atoms with van der Waals surface area (Å²) in [6.07, 6.45) is -1.08. The minimum absolute atomic E-state index is 0.324. The third kappa shape index (κ3) is 4.78. The molecule has 142 valence electrons. The summed E-state index contributed by atoms with van der Waals surface area (Å²) in [5.74, 6) is -1.01. The van der Waals surface area contributed by atoms with Crippen molar-refractivity contribution in [1.29, 1.82) is 0 Å². The summed E-state index contributed by atoms with van der Waals surface area (Å²) in [6.45, 7) is 3.86. The zero-order valence-electron chi connectivity index (χ0n) is 15.6. The molecular formula is C23H20ClNO3. The standard InChI is InChI=1S/C23H20ClNO3/c1-15-8-9-16(2)20(14-15)25-22(26)21(17-6-4-3-5-7-17)28-23(27)18-10-12-19(24)13-11-18/h3-14,21H,1-2H3,(H,25,26)/t21-/m0/s1. The van der Waals surface area contributed by atoms with E-state index in [1.165, 1.54) is 0 Å². The quantitative estimate of drug-likeness (QED) is 0.583. The molecule has 0 aromatic heterocycles. The first kappa shape index (κ1) is 19.6. The summed E-state index contributed by atoms with van der Waals surface area (Å²) in [5.41, 5.74) is 3.55. The minimum atomic E-state index is -1.08. The molecule has 0 aliphatic rings.